The van der Waals surface area contributed by atoms with E-state index in [1.807, 2.05) is 12.1 Å². The summed E-state index contributed by atoms with van der Waals surface area (Å²) < 4.78 is 38.2. The molecule has 0 amide bonds. The number of nitrogens with zero attached hydrogens (tertiary/aromatic N) is 2. The molecule has 3 aromatic rings. The summed E-state index contributed by atoms with van der Waals surface area (Å²) in [5.41, 5.74) is 2.35. The first-order valence-corrected chi connectivity index (χ1v) is 9.38. The monoisotopic (exact) mass is 369 g/mol. The van der Waals surface area contributed by atoms with Gasteiger partial charge in [-0.15, -0.1) is 0 Å². The number of nitriles is 1. The van der Waals surface area contributed by atoms with Crippen molar-refractivity contribution in [2.24, 2.45) is 0 Å². The summed E-state index contributed by atoms with van der Waals surface area (Å²) in [6, 6.07) is 13.8. The predicted octanol–water partition coefficient (Wildman–Crippen LogP) is 3.04. The van der Waals surface area contributed by atoms with Gasteiger partial charge < -0.3 is 14.1 Å². The number of hydrogen-bond acceptors (Lipinski definition) is 5. The van der Waals surface area contributed by atoms with Gasteiger partial charge in [0, 0.05) is 11.3 Å². The zero-order valence-electron chi connectivity index (χ0n) is 13.9. The van der Waals surface area contributed by atoms with Gasteiger partial charge >= 0.3 is 0 Å². The van der Waals surface area contributed by atoms with Gasteiger partial charge in [0.15, 0.2) is 0 Å². The Morgan fingerprint density at radius 2 is 2.04 bits per heavy atom. The van der Waals surface area contributed by atoms with Crippen LogP contribution < -0.4 is 9.04 Å². The number of aromatic nitrogens is 1. The fourth-order valence-electron chi connectivity index (χ4n) is 2.90. The van der Waals surface area contributed by atoms with Gasteiger partial charge in [-0.3, -0.25) is 4.31 Å². The lowest BCUT2D eigenvalue weighted by molar-refractivity contribution is 0.315. The predicted molar refractivity (Wildman–Crippen MR) is 94.4 cm³/mol. The first-order valence-electron chi connectivity index (χ1n) is 7.94. The normalized spacial score (nSPS) is 13.8. The zero-order valence-corrected chi connectivity index (χ0v) is 14.7. The highest BCUT2D eigenvalue weighted by Crippen LogP contribution is 2.38. The van der Waals surface area contributed by atoms with Gasteiger partial charge in [0.2, 0.25) is 5.09 Å². The van der Waals surface area contributed by atoms with E-state index in [1.165, 1.54) is 10.4 Å². The van der Waals surface area contributed by atoms with Gasteiger partial charge in [-0.1, -0.05) is 0 Å². The zero-order chi connectivity index (χ0) is 18.3. The van der Waals surface area contributed by atoms with Gasteiger partial charge in [-0.05, 0) is 49.4 Å². The maximum Gasteiger partial charge on any atom is 0.298 e. The molecule has 0 radical (unpaired) electrons. The molecule has 8 heteroatoms. The number of furan rings is 1. The van der Waals surface area contributed by atoms with Crippen molar-refractivity contribution >= 4 is 15.7 Å². The Morgan fingerprint density at radius 1 is 1.19 bits per heavy atom. The third kappa shape index (κ3) is 2.62. The van der Waals surface area contributed by atoms with E-state index >= 15 is 0 Å². The lowest BCUT2D eigenvalue weighted by Gasteiger charge is -2.30. The van der Waals surface area contributed by atoms with E-state index in [0.29, 0.717) is 22.9 Å². The van der Waals surface area contributed by atoms with Crippen molar-refractivity contribution in [3.8, 4) is 23.1 Å². The number of hydrogen-bond donors (Lipinski definition) is 1. The van der Waals surface area contributed by atoms with Crippen molar-refractivity contribution in [3.05, 3.63) is 53.9 Å². The molecule has 0 fully saturated rings. The smallest absolute Gasteiger partial charge is 0.298 e. The highest BCUT2D eigenvalue weighted by molar-refractivity contribution is 7.92. The Balaban J connectivity index is 1.80. The van der Waals surface area contributed by atoms with Gasteiger partial charge in [0.1, 0.15) is 29.9 Å². The molecule has 0 aliphatic carbocycles. The average Bonchev–Trinajstić information content (AvgIpc) is 3.30. The minimum absolute atomic E-state index is 0.0973. The molecule has 0 unspecified atom stereocenters. The topological polar surface area (TPSA) is 99.3 Å². The van der Waals surface area contributed by atoms with Crippen LogP contribution in [0.1, 0.15) is 11.5 Å². The molecule has 0 spiro atoms. The summed E-state index contributed by atoms with van der Waals surface area (Å²) in [6.45, 7) is 2.14. The number of fused-ring (bicyclic) bond motifs is 1. The minimum Gasteiger partial charge on any atom is -0.489 e. The number of ether oxygens (including phenoxy) is 1. The number of anilines is 1. The summed E-state index contributed by atoms with van der Waals surface area (Å²) in [7, 11) is -3.83. The number of sulfonamides is 1. The number of aryl methyl sites for hydroxylation is 1. The quantitative estimate of drug-likeness (QED) is 0.765. The lowest BCUT2D eigenvalue weighted by atomic mass is 10.1. The van der Waals surface area contributed by atoms with E-state index in [4.69, 9.17) is 14.4 Å². The summed E-state index contributed by atoms with van der Waals surface area (Å²) in [5.74, 6) is 1.01. The number of rotatable bonds is 3. The molecule has 1 aromatic carbocycles. The lowest BCUT2D eigenvalue weighted by Crippen LogP contribution is -2.37. The Kier molecular flexibility index (Phi) is 3.74. The molecule has 0 saturated heterocycles. The molecule has 3 heterocycles. The second-order valence-corrected chi connectivity index (χ2v) is 7.66. The third-order valence-corrected chi connectivity index (χ3v) is 5.84. The van der Waals surface area contributed by atoms with Crippen LogP contribution in [-0.2, 0) is 10.0 Å². The van der Waals surface area contributed by atoms with Gasteiger partial charge in [0.05, 0.1) is 12.2 Å². The van der Waals surface area contributed by atoms with Crippen LogP contribution in [0.15, 0.2) is 52.0 Å². The van der Waals surface area contributed by atoms with E-state index in [2.05, 4.69) is 4.98 Å². The van der Waals surface area contributed by atoms with Gasteiger partial charge in [0.25, 0.3) is 10.0 Å². The average molecular weight is 369 g/mol. The SMILES string of the molecule is Cc1ccc(S(=O)(=O)N2CCOc3ccc(-c4ccc(C#N)[nH]4)cc32)o1. The molecular formula is C18H15N3O4S. The van der Waals surface area contributed by atoms with Crippen LogP contribution in [-0.4, -0.2) is 26.6 Å². The molecule has 132 valence electrons. The second kappa shape index (κ2) is 5.97. The van der Waals surface area contributed by atoms with Crippen LogP contribution in [0, 0.1) is 18.3 Å². The summed E-state index contributed by atoms with van der Waals surface area (Å²) >= 11 is 0. The van der Waals surface area contributed by atoms with Crippen molar-refractivity contribution in [1.82, 2.24) is 4.98 Å². The van der Waals surface area contributed by atoms with E-state index in [0.717, 1.165) is 11.3 Å². The maximum absolute atomic E-state index is 13.0. The van der Waals surface area contributed by atoms with Crippen molar-refractivity contribution in [2.45, 2.75) is 12.0 Å². The van der Waals surface area contributed by atoms with Crippen molar-refractivity contribution in [2.75, 3.05) is 17.5 Å². The van der Waals surface area contributed by atoms with Crippen LogP contribution in [0.2, 0.25) is 0 Å². The van der Waals surface area contributed by atoms with Crippen LogP contribution in [0.4, 0.5) is 5.69 Å². The van der Waals surface area contributed by atoms with Gasteiger partial charge in [-0.2, -0.15) is 13.7 Å². The minimum atomic E-state index is -3.83. The Bertz CT molecular complexity index is 1120. The number of nitrogens with one attached hydrogen (secondary N) is 1. The first-order chi connectivity index (χ1) is 12.5. The fourth-order valence-corrected chi connectivity index (χ4v) is 4.31. The van der Waals surface area contributed by atoms with Crippen molar-refractivity contribution in [1.29, 1.82) is 5.26 Å². The second-order valence-electron chi connectivity index (χ2n) is 5.87. The molecule has 1 aliphatic rings. The number of aromatic amines is 1. The van der Waals surface area contributed by atoms with E-state index in [-0.39, 0.29) is 18.2 Å². The Labute approximate surface area is 150 Å². The maximum atomic E-state index is 13.0. The highest BCUT2D eigenvalue weighted by atomic mass is 32.2. The number of H-pyrrole nitrogens is 1. The van der Waals surface area contributed by atoms with Gasteiger partial charge in [-0.25, -0.2) is 0 Å². The molecular weight excluding hydrogens is 354 g/mol. The van der Waals surface area contributed by atoms with Crippen molar-refractivity contribution < 1.29 is 17.6 Å². The fraction of sp³-hybridized carbons (Fsp3) is 0.167. The standard InChI is InChI=1S/C18H15N3O4S/c1-12-2-7-18(25-12)26(22,23)21-8-9-24-17-6-3-13(10-16(17)21)15-5-4-14(11-19)20-15/h2-7,10,20H,8-9H2,1H3. The summed E-state index contributed by atoms with van der Waals surface area (Å²) in [4.78, 5) is 2.99. The molecule has 7 nitrogen and oxygen atoms in total. The van der Waals surface area contributed by atoms with Crippen LogP contribution in [0.5, 0.6) is 5.75 Å². The van der Waals surface area contributed by atoms with E-state index in [1.54, 1.807) is 37.3 Å². The summed E-state index contributed by atoms with van der Waals surface area (Å²) in [5, 5.41) is 8.87. The molecule has 0 saturated carbocycles. The van der Waals surface area contributed by atoms with Crippen LogP contribution in [0.3, 0.4) is 0 Å². The first kappa shape index (κ1) is 16.3. The van der Waals surface area contributed by atoms with Crippen LogP contribution in [0.25, 0.3) is 11.3 Å². The molecule has 0 atom stereocenters. The largest absolute Gasteiger partial charge is 0.489 e. The molecule has 26 heavy (non-hydrogen) atoms. The molecule has 4 rings (SSSR count). The van der Waals surface area contributed by atoms with Crippen molar-refractivity contribution in [3.63, 3.8) is 0 Å². The molecule has 0 bridgehead atoms. The summed E-state index contributed by atoms with van der Waals surface area (Å²) in [6.07, 6.45) is 0. The van der Waals surface area contributed by atoms with Crippen LogP contribution >= 0.6 is 0 Å². The molecule has 2 aromatic heterocycles. The third-order valence-electron chi connectivity index (χ3n) is 4.16. The van der Waals surface area contributed by atoms with E-state index < -0.39 is 10.0 Å². The Hall–Kier alpha value is -3.18. The number of benzene rings is 1. The molecule has 1 N–H and O–H groups in total. The highest BCUT2D eigenvalue weighted by Gasteiger charge is 2.32. The van der Waals surface area contributed by atoms with E-state index in [9.17, 15) is 8.42 Å². The molecule has 1 aliphatic heterocycles. The Morgan fingerprint density at radius 3 is 2.73 bits per heavy atom.